The Morgan fingerprint density at radius 3 is 2.86 bits per heavy atom. The van der Waals surface area contributed by atoms with Gasteiger partial charge in [0.15, 0.2) is 0 Å². The second kappa shape index (κ2) is 6.89. The standard InChI is InChI=1S/C12H19N2O7P/c1-3-4-8-9(21-22(17,18)19-2)7-11(20-8)14-6-5-10(15)13-12(14)16/h5-6,8-9,11H,3-4,7H2,1-2H3,(H,17,18)(H,13,15,16)/t8-,9-,11-/m1/s1. The molecule has 0 aliphatic carbocycles. The lowest BCUT2D eigenvalue weighted by atomic mass is 10.1. The average Bonchev–Trinajstić information content (AvgIpc) is 2.81. The molecule has 22 heavy (non-hydrogen) atoms. The van der Waals surface area contributed by atoms with E-state index in [9.17, 15) is 19.0 Å². The number of ether oxygens (including phenoxy) is 1. The number of hydrogen-bond acceptors (Lipinski definition) is 6. The van der Waals surface area contributed by atoms with Crippen LogP contribution in [0.5, 0.6) is 0 Å². The predicted molar refractivity (Wildman–Crippen MR) is 76.5 cm³/mol. The van der Waals surface area contributed by atoms with Crippen molar-refractivity contribution in [1.29, 1.82) is 0 Å². The van der Waals surface area contributed by atoms with E-state index in [0.29, 0.717) is 6.42 Å². The second-order valence-electron chi connectivity index (χ2n) is 4.97. The lowest BCUT2D eigenvalue weighted by Crippen LogP contribution is -2.31. The van der Waals surface area contributed by atoms with Crippen LogP contribution >= 0.6 is 7.82 Å². The van der Waals surface area contributed by atoms with Crippen molar-refractivity contribution in [3.05, 3.63) is 33.1 Å². The van der Waals surface area contributed by atoms with Crippen molar-refractivity contribution < 1.29 is 23.2 Å². The van der Waals surface area contributed by atoms with Crippen molar-refractivity contribution in [2.45, 2.75) is 44.6 Å². The van der Waals surface area contributed by atoms with Crippen molar-refractivity contribution in [3.63, 3.8) is 0 Å². The van der Waals surface area contributed by atoms with Gasteiger partial charge in [0, 0.05) is 25.8 Å². The van der Waals surface area contributed by atoms with Crippen LogP contribution in [0.4, 0.5) is 0 Å². The van der Waals surface area contributed by atoms with E-state index in [-0.39, 0.29) is 6.42 Å². The van der Waals surface area contributed by atoms with Crippen molar-refractivity contribution in [2.75, 3.05) is 7.11 Å². The molecular formula is C12H19N2O7P. The molecule has 1 saturated heterocycles. The van der Waals surface area contributed by atoms with Gasteiger partial charge in [-0.05, 0) is 6.42 Å². The number of phosphoric ester groups is 1. The molecule has 10 heteroatoms. The van der Waals surface area contributed by atoms with Crippen LogP contribution in [0.15, 0.2) is 21.9 Å². The molecule has 1 aliphatic rings. The van der Waals surface area contributed by atoms with Gasteiger partial charge in [0.2, 0.25) is 0 Å². The third-order valence-corrected chi connectivity index (χ3v) is 4.41. The monoisotopic (exact) mass is 334 g/mol. The largest absolute Gasteiger partial charge is 0.472 e. The lowest BCUT2D eigenvalue weighted by molar-refractivity contribution is -0.0248. The Kier molecular flexibility index (Phi) is 5.36. The summed E-state index contributed by atoms with van der Waals surface area (Å²) in [5.74, 6) is 0. The Labute approximate surface area is 126 Å². The number of nitrogens with one attached hydrogen (secondary N) is 1. The van der Waals surface area contributed by atoms with E-state index in [1.807, 2.05) is 6.92 Å². The molecule has 2 heterocycles. The van der Waals surface area contributed by atoms with E-state index in [1.165, 1.54) is 16.8 Å². The first-order valence-corrected chi connectivity index (χ1v) is 8.39. The highest BCUT2D eigenvalue weighted by Gasteiger charge is 2.40. The van der Waals surface area contributed by atoms with Gasteiger partial charge in [-0.1, -0.05) is 13.3 Å². The van der Waals surface area contributed by atoms with E-state index in [0.717, 1.165) is 13.5 Å². The number of H-pyrrole nitrogens is 1. The zero-order valence-electron chi connectivity index (χ0n) is 12.3. The summed E-state index contributed by atoms with van der Waals surface area (Å²) in [6.07, 6.45) is 1.10. The summed E-state index contributed by atoms with van der Waals surface area (Å²) in [5, 5.41) is 0. The molecule has 1 aliphatic heterocycles. The third kappa shape index (κ3) is 3.93. The molecule has 0 saturated carbocycles. The first-order chi connectivity index (χ1) is 10.4. The van der Waals surface area contributed by atoms with Crippen LogP contribution in [0, 0.1) is 0 Å². The van der Waals surface area contributed by atoms with E-state index in [2.05, 4.69) is 9.51 Å². The van der Waals surface area contributed by atoms with Crippen molar-refractivity contribution in [2.24, 2.45) is 0 Å². The van der Waals surface area contributed by atoms with E-state index in [1.54, 1.807) is 0 Å². The van der Waals surface area contributed by atoms with Crippen LogP contribution in [0.2, 0.25) is 0 Å². The Hall–Kier alpha value is -1.25. The van der Waals surface area contributed by atoms with Crippen molar-refractivity contribution in [1.82, 2.24) is 9.55 Å². The van der Waals surface area contributed by atoms with Crippen LogP contribution in [-0.2, 0) is 18.3 Å². The van der Waals surface area contributed by atoms with E-state index in [4.69, 9.17) is 9.26 Å². The lowest BCUT2D eigenvalue weighted by Gasteiger charge is -2.19. The van der Waals surface area contributed by atoms with Gasteiger partial charge in [0.25, 0.3) is 5.56 Å². The molecule has 0 radical (unpaired) electrons. The maximum absolute atomic E-state index is 11.8. The first kappa shape index (κ1) is 17.1. The molecule has 4 atom stereocenters. The first-order valence-electron chi connectivity index (χ1n) is 6.90. The average molecular weight is 334 g/mol. The molecule has 0 amide bonds. The highest BCUT2D eigenvalue weighted by molar-refractivity contribution is 7.47. The van der Waals surface area contributed by atoms with Crippen LogP contribution in [0.25, 0.3) is 0 Å². The highest BCUT2D eigenvalue weighted by atomic mass is 31.2. The quantitative estimate of drug-likeness (QED) is 0.737. The van der Waals surface area contributed by atoms with Gasteiger partial charge < -0.3 is 9.63 Å². The van der Waals surface area contributed by atoms with Crippen LogP contribution in [-0.4, -0.2) is 33.8 Å². The summed E-state index contributed by atoms with van der Waals surface area (Å²) >= 11 is 0. The zero-order valence-corrected chi connectivity index (χ0v) is 13.2. The summed E-state index contributed by atoms with van der Waals surface area (Å²) in [6.45, 7) is 1.94. The molecule has 0 bridgehead atoms. The van der Waals surface area contributed by atoms with Crippen molar-refractivity contribution >= 4 is 7.82 Å². The van der Waals surface area contributed by atoms with Gasteiger partial charge in [-0.3, -0.25) is 23.4 Å². The van der Waals surface area contributed by atoms with Crippen LogP contribution in [0.1, 0.15) is 32.4 Å². The molecule has 0 spiro atoms. The minimum Gasteiger partial charge on any atom is -0.352 e. The predicted octanol–water partition coefficient (Wildman–Crippen LogP) is 0.756. The number of nitrogens with zero attached hydrogens (tertiary/aromatic N) is 1. The molecule has 2 N–H and O–H groups in total. The van der Waals surface area contributed by atoms with Gasteiger partial charge in [0.05, 0.1) is 12.2 Å². The summed E-state index contributed by atoms with van der Waals surface area (Å²) in [4.78, 5) is 34.5. The number of aromatic amines is 1. The number of phosphoric acid groups is 1. The van der Waals surface area contributed by atoms with Crippen molar-refractivity contribution in [3.8, 4) is 0 Å². The molecule has 124 valence electrons. The van der Waals surface area contributed by atoms with Gasteiger partial charge >= 0.3 is 13.5 Å². The molecule has 1 aromatic heterocycles. The highest BCUT2D eigenvalue weighted by Crippen LogP contribution is 2.47. The Bertz CT molecular complexity index is 670. The minimum absolute atomic E-state index is 0.199. The van der Waals surface area contributed by atoms with E-state index < -0.39 is 37.5 Å². The molecule has 1 unspecified atom stereocenters. The molecule has 0 aromatic carbocycles. The second-order valence-corrected chi connectivity index (χ2v) is 6.48. The molecule has 2 rings (SSSR count). The summed E-state index contributed by atoms with van der Waals surface area (Å²) in [5.41, 5.74) is -1.11. The van der Waals surface area contributed by atoms with Crippen LogP contribution in [0.3, 0.4) is 0 Å². The number of rotatable bonds is 6. The van der Waals surface area contributed by atoms with E-state index >= 15 is 0 Å². The smallest absolute Gasteiger partial charge is 0.352 e. The topological polar surface area (TPSA) is 120 Å². The summed E-state index contributed by atoms with van der Waals surface area (Å²) < 4.78 is 28.1. The Morgan fingerprint density at radius 2 is 2.27 bits per heavy atom. The van der Waals surface area contributed by atoms with Gasteiger partial charge in [-0.2, -0.15) is 0 Å². The molecule has 1 aromatic rings. The van der Waals surface area contributed by atoms with Gasteiger partial charge in [-0.25, -0.2) is 9.36 Å². The fourth-order valence-corrected chi connectivity index (χ4v) is 3.04. The molecular weight excluding hydrogens is 315 g/mol. The molecule has 1 fully saturated rings. The minimum atomic E-state index is -4.15. The Balaban J connectivity index is 2.21. The fraction of sp³-hybridized carbons (Fsp3) is 0.667. The van der Waals surface area contributed by atoms with Gasteiger partial charge in [0.1, 0.15) is 6.23 Å². The fourth-order valence-electron chi connectivity index (χ4n) is 2.39. The summed E-state index contributed by atoms with van der Waals surface area (Å²) in [7, 11) is -3.07. The SMILES string of the molecule is CCC[C@H]1O[C@@H](n2ccc(=O)[nH]c2=O)C[C@H]1OP(=O)(O)OC. The summed E-state index contributed by atoms with van der Waals surface area (Å²) in [6, 6.07) is 1.21. The van der Waals surface area contributed by atoms with Gasteiger partial charge in [-0.15, -0.1) is 0 Å². The normalized spacial score (nSPS) is 27.7. The third-order valence-electron chi connectivity index (χ3n) is 3.41. The maximum Gasteiger partial charge on any atom is 0.472 e. The number of hydrogen-bond donors (Lipinski definition) is 2. The molecule has 9 nitrogen and oxygen atoms in total. The number of aromatic nitrogens is 2. The van der Waals surface area contributed by atoms with Crippen LogP contribution < -0.4 is 11.2 Å². The maximum atomic E-state index is 11.8. The Morgan fingerprint density at radius 1 is 1.55 bits per heavy atom. The zero-order chi connectivity index (χ0) is 16.3.